The Morgan fingerprint density at radius 1 is 1.22 bits per heavy atom. The Morgan fingerprint density at radius 2 is 1.89 bits per heavy atom. The molecule has 0 aromatic rings. The number of hydrogen-bond acceptors (Lipinski definition) is 0. The summed E-state index contributed by atoms with van der Waals surface area (Å²) in [6.45, 7) is 8.31. The minimum Gasteiger partial charge on any atom is -0.0654 e. The third kappa shape index (κ3) is 4.50. The van der Waals surface area contributed by atoms with E-state index in [1.54, 1.807) is 5.92 Å². The summed E-state index contributed by atoms with van der Waals surface area (Å²) in [7, 11) is 0. The van der Waals surface area contributed by atoms with Crippen LogP contribution in [0, 0.1) is 12.8 Å². The predicted octanol–water partition coefficient (Wildman–Crippen LogP) is 3.39. The lowest BCUT2D eigenvalue weighted by molar-refractivity contribution is 0.665. The molecular formula is C9H18. The summed E-state index contributed by atoms with van der Waals surface area (Å²) in [6, 6.07) is 0. The number of rotatable bonds is 5. The molecule has 0 spiro atoms. The molecule has 0 heteroatoms. The molecule has 0 N–H and O–H groups in total. The van der Waals surface area contributed by atoms with Crippen molar-refractivity contribution in [2.75, 3.05) is 0 Å². The van der Waals surface area contributed by atoms with Crippen LogP contribution in [0.1, 0.15) is 46.0 Å². The van der Waals surface area contributed by atoms with Gasteiger partial charge in [0, 0.05) is 0 Å². The first-order valence-corrected chi connectivity index (χ1v) is 3.97. The standard InChI is InChI=1S/C9H18/c1-4-7-9(6-3)8-5-2/h1,4-8H2,2-3H3. The zero-order valence-electron chi connectivity index (χ0n) is 6.74. The van der Waals surface area contributed by atoms with E-state index in [0.29, 0.717) is 0 Å². The minimum atomic E-state index is 1.07. The van der Waals surface area contributed by atoms with Gasteiger partial charge in [-0.15, -0.1) is 0 Å². The second-order valence-electron chi connectivity index (χ2n) is 2.46. The van der Waals surface area contributed by atoms with E-state index < -0.39 is 0 Å². The smallest absolute Gasteiger partial charge is 0.0244 e. The molecule has 0 aliphatic carbocycles. The first-order chi connectivity index (χ1) is 4.35. The Hall–Kier alpha value is 0. The molecule has 0 rings (SSSR count). The summed E-state index contributed by atoms with van der Waals surface area (Å²) in [5, 5.41) is 0. The van der Waals surface area contributed by atoms with Crippen LogP contribution in [0.3, 0.4) is 0 Å². The maximum atomic E-state index is 3.83. The van der Waals surface area contributed by atoms with Gasteiger partial charge in [0.1, 0.15) is 0 Å². The molecule has 0 saturated heterocycles. The fraction of sp³-hybridized carbons (Fsp3) is 0.778. The van der Waals surface area contributed by atoms with Gasteiger partial charge < -0.3 is 0 Å². The van der Waals surface area contributed by atoms with E-state index in [2.05, 4.69) is 20.8 Å². The van der Waals surface area contributed by atoms with Crippen molar-refractivity contribution < 1.29 is 0 Å². The molecule has 0 aliphatic heterocycles. The molecule has 2 radical (unpaired) electrons. The highest BCUT2D eigenvalue weighted by molar-refractivity contribution is 4.87. The third-order valence-electron chi connectivity index (χ3n) is 1.63. The van der Waals surface area contributed by atoms with Crippen LogP contribution in [-0.2, 0) is 0 Å². The van der Waals surface area contributed by atoms with E-state index in [-0.39, 0.29) is 0 Å². The van der Waals surface area contributed by atoms with Crippen LogP contribution < -0.4 is 0 Å². The molecule has 0 bridgehead atoms. The van der Waals surface area contributed by atoms with Gasteiger partial charge in [0.25, 0.3) is 0 Å². The van der Waals surface area contributed by atoms with Gasteiger partial charge in [-0.2, -0.15) is 0 Å². The molecular weight excluding hydrogens is 108 g/mol. The van der Waals surface area contributed by atoms with Gasteiger partial charge in [-0.05, 0) is 25.2 Å². The van der Waals surface area contributed by atoms with Crippen LogP contribution in [0.15, 0.2) is 0 Å². The van der Waals surface area contributed by atoms with Crippen molar-refractivity contribution in [3.63, 3.8) is 0 Å². The maximum absolute atomic E-state index is 3.83. The Labute approximate surface area is 59.7 Å². The Morgan fingerprint density at radius 3 is 2.22 bits per heavy atom. The highest BCUT2D eigenvalue weighted by Crippen LogP contribution is 2.18. The molecule has 9 heavy (non-hydrogen) atoms. The van der Waals surface area contributed by atoms with Crippen LogP contribution in [-0.4, -0.2) is 0 Å². The summed E-state index contributed by atoms with van der Waals surface area (Å²) in [6.07, 6.45) is 6.17. The van der Waals surface area contributed by atoms with Crippen molar-refractivity contribution in [1.29, 1.82) is 0 Å². The second kappa shape index (κ2) is 6.12. The lowest BCUT2D eigenvalue weighted by Gasteiger charge is -2.09. The molecule has 0 aromatic heterocycles. The zero-order valence-corrected chi connectivity index (χ0v) is 6.74. The first kappa shape index (κ1) is 9.00. The van der Waals surface area contributed by atoms with Crippen LogP contribution >= 0.6 is 0 Å². The van der Waals surface area contributed by atoms with Crippen LogP contribution in [0.5, 0.6) is 0 Å². The van der Waals surface area contributed by atoms with Gasteiger partial charge in [-0.25, -0.2) is 0 Å². The molecule has 54 valence electrons. The van der Waals surface area contributed by atoms with Gasteiger partial charge in [-0.1, -0.05) is 33.6 Å². The summed E-state index contributed by atoms with van der Waals surface area (Å²) >= 11 is 0. The SMILES string of the molecule is [CH2]CC[C](CC)CCC. The maximum Gasteiger partial charge on any atom is -0.0244 e. The normalized spacial score (nSPS) is 10.7. The third-order valence-corrected chi connectivity index (χ3v) is 1.63. The molecule has 0 nitrogen and oxygen atoms in total. The van der Waals surface area contributed by atoms with Crippen molar-refractivity contribution >= 4 is 0 Å². The molecule has 0 amide bonds. The zero-order chi connectivity index (χ0) is 7.11. The van der Waals surface area contributed by atoms with Gasteiger partial charge >= 0.3 is 0 Å². The van der Waals surface area contributed by atoms with Crippen molar-refractivity contribution in [3.05, 3.63) is 12.8 Å². The summed E-state index contributed by atoms with van der Waals surface area (Å²) in [5.74, 6) is 1.69. The van der Waals surface area contributed by atoms with E-state index >= 15 is 0 Å². The van der Waals surface area contributed by atoms with E-state index in [0.717, 1.165) is 6.42 Å². The van der Waals surface area contributed by atoms with E-state index in [1.165, 1.54) is 25.7 Å². The summed E-state index contributed by atoms with van der Waals surface area (Å²) in [5.41, 5.74) is 0. The van der Waals surface area contributed by atoms with Gasteiger partial charge in [0.15, 0.2) is 0 Å². The quantitative estimate of drug-likeness (QED) is 0.529. The molecule has 0 heterocycles. The van der Waals surface area contributed by atoms with Crippen LogP contribution in [0.4, 0.5) is 0 Å². The van der Waals surface area contributed by atoms with Crippen LogP contribution in [0.25, 0.3) is 0 Å². The lowest BCUT2D eigenvalue weighted by atomic mass is 9.96. The molecule has 0 fully saturated rings. The highest BCUT2D eigenvalue weighted by Gasteiger charge is 2.02. The fourth-order valence-electron chi connectivity index (χ4n) is 1.08. The second-order valence-corrected chi connectivity index (χ2v) is 2.46. The lowest BCUT2D eigenvalue weighted by Crippen LogP contribution is -1.93. The molecule has 0 saturated carbocycles. The Balaban J connectivity index is 3.18. The van der Waals surface area contributed by atoms with Gasteiger partial charge in [0.05, 0.1) is 0 Å². The van der Waals surface area contributed by atoms with Crippen molar-refractivity contribution in [3.8, 4) is 0 Å². The van der Waals surface area contributed by atoms with E-state index in [9.17, 15) is 0 Å². The molecule has 0 atom stereocenters. The average Bonchev–Trinajstić information content (AvgIpc) is 1.88. The summed E-state index contributed by atoms with van der Waals surface area (Å²) in [4.78, 5) is 0. The Bertz CT molecular complexity index is 42.0. The highest BCUT2D eigenvalue weighted by atomic mass is 14.1. The van der Waals surface area contributed by atoms with E-state index in [1.807, 2.05) is 0 Å². The Kier molecular flexibility index (Phi) is 6.12. The molecule has 0 aromatic carbocycles. The fourth-order valence-corrected chi connectivity index (χ4v) is 1.08. The molecule has 0 aliphatic rings. The topological polar surface area (TPSA) is 0 Å². The average molecular weight is 126 g/mol. The van der Waals surface area contributed by atoms with Crippen molar-refractivity contribution in [1.82, 2.24) is 0 Å². The summed E-state index contributed by atoms with van der Waals surface area (Å²) < 4.78 is 0. The van der Waals surface area contributed by atoms with Gasteiger partial charge in [-0.3, -0.25) is 0 Å². The first-order valence-electron chi connectivity index (χ1n) is 3.97. The predicted molar refractivity (Wildman–Crippen MR) is 43.0 cm³/mol. The van der Waals surface area contributed by atoms with Gasteiger partial charge in [0.2, 0.25) is 0 Å². The van der Waals surface area contributed by atoms with Crippen molar-refractivity contribution in [2.24, 2.45) is 0 Å². The van der Waals surface area contributed by atoms with Crippen molar-refractivity contribution in [2.45, 2.75) is 46.0 Å². The largest absolute Gasteiger partial charge is 0.0654 e. The van der Waals surface area contributed by atoms with E-state index in [4.69, 9.17) is 0 Å². The minimum absolute atomic E-state index is 1.07. The monoisotopic (exact) mass is 126 g/mol. The molecule has 0 unspecified atom stereocenters. The number of hydrogen-bond donors (Lipinski definition) is 0. The van der Waals surface area contributed by atoms with Crippen LogP contribution in [0.2, 0.25) is 0 Å².